The second-order valence-corrected chi connectivity index (χ2v) is 6.81. The maximum atomic E-state index is 8.67. The number of hydrogen-bond acceptors (Lipinski definition) is 3. The van der Waals surface area contributed by atoms with Gasteiger partial charge in [-0.3, -0.25) is 0 Å². The molecule has 0 saturated heterocycles. The van der Waals surface area contributed by atoms with Crippen LogP contribution in [0.4, 0.5) is 0 Å². The Balaban J connectivity index is 2.52. The molecule has 2 nitrogen and oxygen atoms in total. The van der Waals surface area contributed by atoms with E-state index in [4.69, 9.17) is 5.11 Å². The molecule has 100 valence electrons. The summed E-state index contributed by atoms with van der Waals surface area (Å²) in [5.41, 5.74) is 1.39. The number of thiophene rings is 1. The standard InChI is InChI=1S/C15H23NOS/c1-15(2,3)12-16(4)10-14-9-13(11-18-14)7-5-6-8-17/h9,11,17H,6,8,10,12H2,1-4H3. The third-order valence-corrected chi connectivity index (χ3v) is 3.21. The van der Waals surface area contributed by atoms with E-state index in [-0.39, 0.29) is 6.61 Å². The van der Waals surface area contributed by atoms with Gasteiger partial charge in [0.25, 0.3) is 0 Å². The average Bonchev–Trinajstić information content (AvgIpc) is 2.63. The maximum absolute atomic E-state index is 8.67. The predicted octanol–water partition coefficient (Wildman–Crippen LogP) is 2.96. The highest BCUT2D eigenvalue weighted by molar-refractivity contribution is 7.10. The van der Waals surface area contributed by atoms with E-state index in [1.807, 2.05) is 0 Å². The van der Waals surface area contributed by atoms with Crippen LogP contribution in [0.1, 0.15) is 37.6 Å². The summed E-state index contributed by atoms with van der Waals surface area (Å²) in [5.74, 6) is 6.02. The van der Waals surface area contributed by atoms with Crippen molar-refractivity contribution in [1.29, 1.82) is 0 Å². The summed E-state index contributed by atoms with van der Waals surface area (Å²) in [4.78, 5) is 3.69. The van der Waals surface area contributed by atoms with Crippen LogP contribution in [0, 0.1) is 17.3 Å². The average molecular weight is 265 g/mol. The molecule has 0 aliphatic carbocycles. The van der Waals surface area contributed by atoms with Gasteiger partial charge in [-0.25, -0.2) is 0 Å². The third-order valence-electron chi connectivity index (χ3n) is 2.29. The minimum Gasteiger partial charge on any atom is -0.395 e. The fourth-order valence-corrected chi connectivity index (χ4v) is 2.78. The highest BCUT2D eigenvalue weighted by Crippen LogP contribution is 2.19. The van der Waals surface area contributed by atoms with Gasteiger partial charge in [-0.15, -0.1) is 11.3 Å². The van der Waals surface area contributed by atoms with Crippen LogP contribution in [0.5, 0.6) is 0 Å². The highest BCUT2D eigenvalue weighted by Gasteiger charge is 2.13. The minimum atomic E-state index is 0.137. The first-order valence-corrected chi connectivity index (χ1v) is 7.14. The molecule has 0 aromatic carbocycles. The summed E-state index contributed by atoms with van der Waals surface area (Å²) in [5, 5.41) is 10.8. The van der Waals surface area contributed by atoms with Crippen LogP contribution >= 0.6 is 11.3 Å². The van der Waals surface area contributed by atoms with Crippen molar-refractivity contribution in [2.75, 3.05) is 20.2 Å². The molecule has 3 heteroatoms. The maximum Gasteiger partial charge on any atom is 0.0540 e. The van der Waals surface area contributed by atoms with E-state index in [1.54, 1.807) is 11.3 Å². The number of aliphatic hydroxyl groups is 1. The van der Waals surface area contributed by atoms with Gasteiger partial charge in [0.2, 0.25) is 0 Å². The Labute approximate surface area is 115 Å². The minimum absolute atomic E-state index is 0.137. The Hall–Kier alpha value is -0.820. The Morgan fingerprint density at radius 1 is 1.39 bits per heavy atom. The molecule has 0 fully saturated rings. The van der Waals surface area contributed by atoms with Crippen molar-refractivity contribution < 1.29 is 5.11 Å². The van der Waals surface area contributed by atoms with Crippen molar-refractivity contribution >= 4 is 11.3 Å². The van der Waals surface area contributed by atoms with E-state index in [9.17, 15) is 0 Å². The molecule has 0 aliphatic rings. The molecule has 0 bridgehead atoms. The molecule has 18 heavy (non-hydrogen) atoms. The second-order valence-electron chi connectivity index (χ2n) is 5.81. The van der Waals surface area contributed by atoms with Crippen LogP contribution in [0.3, 0.4) is 0 Å². The molecule has 0 saturated carbocycles. The normalized spacial score (nSPS) is 11.4. The van der Waals surface area contributed by atoms with E-state index in [0.717, 1.165) is 18.7 Å². The van der Waals surface area contributed by atoms with Gasteiger partial charge in [-0.1, -0.05) is 32.6 Å². The van der Waals surface area contributed by atoms with Crippen LogP contribution in [0.15, 0.2) is 11.4 Å². The number of nitrogens with zero attached hydrogens (tertiary/aromatic N) is 1. The largest absolute Gasteiger partial charge is 0.395 e. The lowest BCUT2D eigenvalue weighted by molar-refractivity contribution is 0.222. The van der Waals surface area contributed by atoms with Crippen molar-refractivity contribution in [3.05, 3.63) is 21.9 Å². The van der Waals surface area contributed by atoms with Crippen LogP contribution in [-0.2, 0) is 6.54 Å². The van der Waals surface area contributed by atoms with E-state index in [0.29, 0.717) is 11.8 Å². The van der Waals surface area contributed by atoms with Crippen molar-refractivity contribution in [2.45, 2.75) is 33.7 Å². The zero-order valence-corrected chi connectivity index (χ0v) is 12.6. The van der Waals surface area contributed by atoms with Gasteiger partial charge >= 0.3 is 0 Å². The zero-order chi connectivity index (χ0) is 13.6. The molecule has 1 aromatic rings. The Morgan fingerprint density at radius 2 is 2.11 bits per heavy atom. The summed E-state index contributed by atoms with van der Waals surface area (Å²) in [6.45, 7) is 8.95. The Bertz CT molecular complexity index is 420. The van der Waals surface area contributed by atoms with Crippen LogP contribution in [-0.4, -0.2) is 30.2 Å². The quantitative estimate of drug-likeness (QED) is 0.846. The van der Waals surface area contributed by atoms with Gasteiger partial charge in [0, 0.05) is 35.3 Å². The highest BCUT2D eigenvalue weighted by atomic mass is 32.1. The van der Waals surface area contributed by atoms with E-state index >= 15 is 0 Å². The molecule has 1 aromatic heterocycles. The molecule has 0 radical (unpaired) electrons. The first-order chi connectivity index (χ1) is 8.40. The van der Waals surface area contributed by atoms with Crippen molar-refractivity contribution in [3.63, 3.8) is 0 Å². The molecule has 1 rings (SSSR count). The van der Waals surface area contributed by atoms with E-state index < -0.39 is 0 Å². The topological polar surface area (TPSA) is 23.5 Å². The first-order valence-electron chi connectivity index (χ1n) is 6.26. The molecular weight excluding hydrogens is 242 g/mol. The summed E-state index contributed by atoms with van der Waals surface area (Å²) < 4.78 is 0. The third kappa shape index (κ3) is 6.20. The van der Waals surface area contributed by atoms with Crippen molar-refractivity contribution in [1.82, 2.24) is 4.90 Å². The fraction of sp³-hybridized carbons (Fsp3) is 0.600. The summed E-state index contributed by atoms with van der Waals surface area (Å²) in [6.07, 6.45) is 0.551. The lowest BCUT2D eigenvalue weighted by Crippen LogP contribution is -2.28. The van der Waals surface area contributed by atoms with Crippen LogP contribution < -0.4 is 0 Å². The number of rotatable bonds is 4. The van der Waals surface area contributed by atoms with E-state index in [2.05, 4.69) is 56.0 Å². The SMILES string of the molecule is CN(Cc1cc(C#CCCO)cs1)CC(C)(C)C. The summed E-state index contributed by atoms with van der Waals surface area (Å²) in [6, 6.07) is 2.15. The first kappa shape index (κ1) is 15.2. The summed E-state index contributed by atoms with van der Waals surface area (Å²) >= 11 is 1.76. The molecular formula is C15H23NOS. The molecule has 1 N–H and O–H groups in total. The predicted molar refractivity (Wildman–Crippen MR) is 78.7 cm³/mol. The molecule has 0 aliphatic heterocycles. The van der Waals surface area contributed by atoms with Gasteiger partial charge in [0.15, 0.2) is 0 Å². The second kappa shape index (κ2) is 6.94. The van der Waals surface area contributed by atoms with Gasteiger partial charge in [0.05, 0.1) is 6.61 Å². The molecule has 0 spiro atoms. The summed E-state index contributed by atoms with van der Waals surface area (Å²) in [7, 11) is 2.15. The molecule has 0 amide bonds. The Kier molecular flexibility index (Phi) is 5.87. The van der Waals surface area contributed by atoms with Crippen LogP contribution in [0.2, 0.25) is 0 Å². The van der Waals surface area contributed by atoms with Gasteiger partial charge in [-0.2, -0.15) is 0 Å². The number of hydrogen-bond donors (Lipinski definition) is 1. The molecule has 0 unspecified atom stereocenters. The van der Waals surface area contributed by atoms with Crippen molar-refractivity contribution in [2.24, 2.45) is 5.41 Å². The smallest absolute Gasteiger partial charge is 0.0540 e. The van der Waals surface area contributed by atoms with Crippen LogP contribution in [0.25, 0.3) is 0 Å². The zero-order valence-electron chi connectivity index (χ0n) is 11.8. The lowest BCUT2D eigenvalue weighted by Gasteiger charge is -2.25. The number of aliphatic hydroxyl groups excluding tert-OH is 1. The Morgan fingerprint density at radius 3 is 2.72 bits per heavy atom. The van der Waals surface area contributed by atoms with Gasteiger partial charge < -0.3 is 10.0 Å². The van der Waals surface area contributed by atoms with Gasteiger partial charge in [-0.05, 0) is 18.5 Å². The molecule has 1 heterocycles. The van der Waals surface area contributed by atoms with Gasteiger partial charge in [0.1, 0.15) is 0 Å². The lowest BCUT2D eigenvalue weighted by atomic mass is 9.96. The fourth-order valence-electron chi connectivity index (χ4n) is 1.88. The molecule has 0 atom stereocenters. The van der Waals surface area contributed by atoms with E-state index in [1.165, 1.54) is 4.88 Å². The monoisotopic (exact) mass is 265 g/mol. The van der Waals surface area contributed by atoms with Crippen molar-refractivity contribution in [3.8, 4) is 11.8 Å².